The van der Waals surface area contributed by atoms with E-state index in [1.807, 2.05) is 18.2 Å². The Hall–Kier alpha value is -1.06. The number of hydrogen-bond donors (Lipinski definition) is 1. The SMILES string of the molecule is CC[C@H](N)c1ccccc1OC1CC(C)(C)OC1(C)C. The molecule has 1 heterocycles. The van der Waals surface area contributed by atoms with Crippen LogP contribution < -0.4 is 10.5 Å². The third-order valence-corrected chi connectivity index (χ3v) is 4.02. The number of ether oxygens (including phenoxy) is 2. The van der Waals surface area contributed by atoms with Gasteiger partial charge in [-0.15, -0.1) is 0 Å². The van der Waals surface area contributed by atoms with Gasteiger partial charge in [0.25, 0.3) is 0 Å². The summed E-state index contributed by atoms with van der Waals surface area (Å²) in [6, 6.07) is 8.08. The van der Waals surface area contributed by atoms with Crippen molar-refractivity contribution in [3.63, 3.8) is 0 Å². The van der Waals surface area contributed by atoms with Crippen LogP contribution in [-0.2, 0) is 4.74 Å². The Morgan fingerprint density at radius 1 is 1.30 bits per heavy atom. The maximum atomic E-state index is 6.28. The van der Waals surface area contributed by atoms with Crippen molar-refractivity contribution in [3.05, 3.63) is 29.8 Å². The number of rotatable bonds is 4. The third kappa shape index (κ3) is 3.15. The Morgan fingerprint density at radius 2 is 1.95 bits per heavy atom. The molecule has 1 aliphatic rings. The van der Waals surface area contributed by atoms with Gasteiger partial charge in [0, 0.05) is 18.0 Å². The van der Waals surface area contributed by atoms with E-state index in [1.165, 1.54) is 0 Å². The molecule has 3 nitrogen and oxygen atoms in total. The van der Waals surface area contributed by atoms with Crippen LogP contribution in [0.5, 0.6) is 5.75 Å². The van der Waals surface area contributed by atoms with Crippen molar-refractivity contribution < 1.29 is 9.47 Å². The first kappa shape index (κ1) is 15.3. The summed E-state index contributed by atoms with van der Waals surface area (Å²) in [5.74, 6) is 0.890. The summed E-state index contributed by atoms with van der Waals surface area (Å²) in [6.45, 7) is 10.5. The first-order valence-corrected chi connectivity index (χ1v) is 7.46. The highest BCUT2D eigenvalue weighted by Gasteiger charge is 2.47. The second kappa shape index (κ2) is 5.38. The molecule has 1 unspecified atom stereocenters. The van der Waals surface area contributed by atoms with Crippen molar-refractivity contribution in [1.29, 1.82) is 0 Å². The Balaban J connectivity index is 2.23. The van der Waals surface area contributed by atoms with Crippen LogP contribution in [0.3, 0.4) is 0 Å². The van der Waals surface area contributed by atoms with Gasteiger partial charge in [-0.1, -0.05) is 25.1 Å². The standard InChI is InChI=1S/C17H27NO2/c1-6-13(18)12-9-7-8-10-14(12)19-15-11-16(2,3)20-17(15,4)5/h7-10,13,15H,6,11,18H2,1-5H3/t13-,15?/m0/s1. The van der Waals surface area contributed by atoms with E-state index in [0.717, 1.165) is 24.2 Å². The molecule has 0 bridgehead atoms. The summed E-state index contributed by atoms with van der Waals surface area (Å²) >= 11 is 0. The number of para-hydroxylation sites is 1. The van der Waals surface area contributed by atoms with Crippen molar-refractivity contribution in [3.8, 4) is 5.75 Å². The molecule has 112 valence electrons. The van der Waals surface area contributed by atoms with Crippen molar-refractivity contribution in [2.45, 2.75) is 70.8 Å². The topological polar surface area (TPSA) is 44.5 Å². The molecule has 0 saturated carbocycles. The largest absolute Gasteiger partial charge is 0.487 e. The maximum absolute atomic E-state index is 6.28. The summed E-state index contributed by atoms with van der Waals surface area (Å²) in [5, 5.41) is 0. The molecule has 1 saturated heterocycles. The predicted octanol–water partition coefficient (Wildman–Crippen LogP) is 3.82. The Morgan fingerprint density at radius 3 is 2.50 bits per heavy atom. The van der Waals surface area contributed by atoms with Crippen molar-refractivity contribution in [1.82, 2.24) is 0 Å². The lowest BCUT2D eigenvalue weighted by Crippen LogP contribution is -2.37. The van der Waals surface area contributed by atoms with Gasteiger partial charge < -0.3 is 15.2 Å². The average molecular weight is 277 g/mol. The van der Waals surface area contributed by atoms with Gasteiger partial charge in [0.1, 0.15) is 17.5 Å². The number of nitrogens with two attached hydrogens (primary N) is 1. The highest BCUT2D eigenvalue weighted by molar-refractivity contribution is 5.36. The van der Waals surface area contributed by atoms with E-state index in [9.17, 15) is 0 Å². The lowest BCUT2D eigenvalue weighted by Gasteiger charge is -2.28. The van der Waals surface area contributed by atoms with Crippen LogP contribution in [0.4, 0.5) is 0 Å². The Labute approximate surface area is 122 Å². The van der Waals surface area contributed by atoms with Crippen molar-refractivity contribution in [2.24, 2.45) is 5.73 Å². The molecule has 3 heteroatoms. The first-order valence-electron chi connectivity index (χ1n) is 7.46. The highest BCUT2D eigenvalue weighted by Crippen LogP contribution is 2.40. The van der Waals surface area contributed by atoms with Gasteiger partial charge in [0.2, 0.25) is 0 Å². The van der Waals surface area contributed by atoms with Crippen molar-refractivity contribution in [2.75, 3.05) is 0 Å². The zero-order chi connectivity index (χ0) is 15.0. The molecule has 2 rings (SSSR count). The second-order valence-electron chi connectivity index (χ2n) is 6.83. The van der Waals surface area contributed by atoms with Crippen LogP contribution in [-0.4, -0.2) is 17.3 Å². The Bertz CT molecular complexity index is 468. The molecule has 0 aromatic heterocycles. The fourth-order valence-corrected chi connectivity index (χ4v) is 2.96. The minimum atomic E-state index is -0.285. The van der Waals surface area contributed by atoms with Gasteiger partial charge in [0.05, 0.1) is 5.60 Å². The predicted molar refractivity (Wildman–Crippen MR) is 81.9 cm³/mol. The normalized spacial score (nSPS) is 25.4. The van der Waals surface area contributed by atoms with E-state index >= 15 is 0 Å². The Kier molecular flexibility index (Phi) is 4.12. The monoisotopic (exact) mass is 277 g/mol. The zero-order valence-corrected chi connectivity index (χ0v) is 13.3. The van der Waals surface area contributed by atoms with E-state index in [4.69, 9.17) is 15.2 Å². The van der Waals surface area contributed by atoms with E-state index in [2.05, 4.69) is 40.7 Å². The van der Waals surface area contributed by atoms with E-state index in [-0.39, 0.29) is 23.3 Å². The van der Waals surface area contributed by atoms with Gasteiger partial charge in [-0.25, -0.2) is 0 Å². The molecule has 2 atom stereocenters. The summed E-state index contributed by atoms with van der Waals surface area (Å²) in [7, 11) is 0. The van der Waals surface area contributed by atoms with Crippen LogP contribution in [0.15, 0.2) is 24.3 Å². The van der Waals surface area contributed by atoms with Crippen LogP contribution in [0.25, 0.3) is 0 Å². The highest BCUT2D eigenvalue weighted by atomic mass is 16.6. The molecule has 0 amide bonds. The molecule has 0 spiro atoms. The fraction of sp³-hybridized carbons (Fsp3) is 0.647. The molecule has 1 aromatic rings. The van der Waals surface area contributed by atoms with E-state index < -0.39 is 0 Å². The second-order valence-corrected chi connectivity index (χ2v) is 6.83. The van der Waals surface area contributed by atoms with Gasteiger partial charge in [-0.2, -0.15) is 0 Å². The molecular weight excluding hydrogens is 250 g/mol. The molecule has 0 aliphatic carbocycles. The summed E-state index contributed by atoms with van der Waals surface area (Å²) in [4.78, 5) is 0. The molecule has 0 radical (unpaired) electrons. The molecule has 1 aliphatic heterocycles. The number of benzene rings is 1. The molecule has 1 fully saturated rings. The first-order chi connectivity index (χ1) is 9.25. The average Bonchev–Trinajstić information content (AvgIpc) is 2.57. The molecule has 20 heavy (non-hydrogen) atoms. The quantitative estimate of drug-likeness (QED) is 0.910. The smallest absolute Gasteiger partial charge is 0.130 e. The van der Waals surface area contributed by atoms with E-state index in [0.29, 0.717) is 0 Å². The van der Waals surface area contributed by atoms with Crippen LogP contribution in [0, 0.1) is 0 Å². The minimum absolute atomic E-state index is 0.0182. The van der Waals surface area contributed by atoms with Gasteiger partial charge in [0.15, 0.2) is 0 Å². The fourth-order valence-electron chi connectivity index (χ4n) is 2.96. The lowest BCUT2D eigenvalue weighted by molar-refractivity contribution is -0.0847. The summed E-state index contributed by atoms with van der Waals surface area (Å²) < 4.78 is 12.4. The molecule has 1 aromatic carbocycles. The molecular formula is C17H27NO2. The van der Waals surface area contributed by atoms with Gasteiger partial charge in [-0.05, 0) is 40.2 Å². The minimum Gasteiger partial charge on any atom is -0.487 e. The molecule has 2 N–H and O–H groups in total. The van der Waals surface area contributed by atoms with Crippen LogP contribution in [0.1, 0.15) is 59.1 Å². The van der Waals surface area contributed by atoms with E-state index in [1.54, 1.807) is 0 Å². The summed E-state index contributed by atoms with van der Waals surface area (Å²) in [5.41, 5.74) is 6.83. The lowest BCUT2D eigenvalue weighted by atomic mass is 9.96. The van der Waals surface area contributed by atoms with Crippen LogP contribution >= 0.6 is 0 Å². The zero-order valence-electron chi connectivity index (χ0n) is 13.3. The van der Waals surface area contributed by atoms with Crippen LogP contribution in [0.2, 0.25) is 0 Å². The summed E-state index contributed by atoms with van der Waals surface area (Å²) in [6.07, 6.45) is 1.83. The van der Waals surface area contributed by atoms with Gasteiger partial charge in [-0.3, -0.25) is 0 Å². The van der Waals surface area contributed by atoms with Gasteiger partial charge >= 0.3 is 0 Å². The van der Waals surface area contributed by atoms with Crippen molar-refractivity contribution >= 4 is 0 Å². The maximum Gasteiger partial charge on any atom is 0.130 e. The number of hydrogen-bond acceptors (Lipinski definition) is 3. The third-order valence-electron chi connectivity index (χ3n) is 4.02.